The number of nitrogens with zero attached hydrogens (tertiary/aromatic N) is 2. The first kappa shape index (κ1) is 16.7. The lowest BCUT2D eigenvalue weighted by Crippen LogP contribution is -2.25. The van der Waals surface area contributed by atoms with Gasteiger partial charge < -0.3 is 9.08 Å². The number of para-hydroxylation sites is 1. The molecule has 0 aliphatic rings. The van der Waals surface area contributed by atoms with E-state index in [2.05, 4.69) is 9.55 Å². The number of fused-ring (bicyclic) bond motifs is 1. The number of rotatable bonds is 3. The van der Waals surface area contributed by atoms with Gasteiger partial charge >= 0.3 is 0 Å². The molecule has 0 aliphatic heterocycles. The van der Waals surface area contributed by atoms with Gasteiger partial charge in [-0.05, 0) is 45.4 Å². The molecule has 0 saturated heterocycles. The summed E-state index contributed by atoms with van der Waals surface area (Å²) in [5.74, 6) is 0. The van der Waals surface area contributed by atoms with Gasteiger partial charge in [-0.3, -0.25) is 0 Å². The van der Waals surface area contributed by atoms with Crippen molar-refractivity contribution in [2.24, 2.45) is 4.40 Å². The summed E-state index contributed by atoms with van der Waals surface area (Å²) in [5, 5.41) is 5.18. The van der Waals surface area contributed by atoms with Crippen molar-refractivity contribution in [1.82, 2.24) is 5.16 Å². The lowest BCUT2D eigenvalue weighted by Gasteiger charge is -2.18. The van der Waals surface area contributed by atoms with Crippen LogP contribution in [-0.4, -0.2) is 20.7 Å². The molecule has 24 heavy (non-hydrogen) atoms. The van der Waals surface area contributed by atoms with Crippen molar-refractivity contribution in [2.75, 3.05) is 0 Å². The summed E-state index contributed by atoms with van der Waals surface area (Å²) in [4.78, 5) is 0. The van der Waals surface area contributed by atoms with E-state index in [1.165, 1.54) is 0 Å². The Bertz CT molecular complexity index is 894. The van der Waals surface area contributed by atoms with Gasteiger partial charge in [0.25, 0.3) is 0 Å². The van der Waals surface area contributed by atoms with Gasteiger partial charge in [-0.1, -0.05) is 39.9 Å². The average molecular weight is 340 g/mol. The first-order valence-electron chi connectivity index (χ1n) is 7.78. The van der Waals surface area contributed by atoms with Crippen molar-refractivity contribution >= 4 is 28.5 Å². The second kappa shape index (κ2) is 6.42. The van der Waals surface area contributed by atoms with Crippen LogP contribution in [0, 0.1) is 6.92 Å². The molecule has 0 aliphatic carbocycles. The third-order valence-electron chi connectivity index (χ3n) is 3.76. The van der Waals surface area contributed by atoms with Crippen LogP contribution in [0.25, 0.3) is 22.2 Å². The molecule has 0 spiro atoms. The first-order chi connectivity index (χ1) is 11.4. The zero-order valence-corrected chi connectivity index (χ0v) is 15.1. The van der Waals surface area contributed by atoms with Crippen LogP contribution in [0.3, 0.4) is 0 Å². The van der Waals surface area contributed by atoms with Gasteiger partial charge in [-0.2, -0.15) is 0 Å². The van der Waals surface area contributed by atoms with E-state index in [-0.39, 0.29) is 4.75 Å². The minimum atomic E-state index is -1.30. The highest BCUT2D eigenvalue weighted by Gasteiger charge is 2.26. The van der Waals surface area contributed by atoms with Crippen molar-refractivity contribution in [3.63, 3.8) is 0 Å². The van der Waals surface area contributed by atoms with Crippen LogP contribution in [0.1, 0.15) is 31.9 Å². The number of benzene rings is 2. The molecule has 1 heterocycles. The van der Waals surface area contributed by atoms with E-state index in [9.17, 15) is 4.55 Å². The lowest BCUT2D eigenvalue weighted by atomic mass is 9.98. The molecule has 2 aromatic carbocycles. The van der Waals surface area contributed by atoms with E-state index in [1.54, 1.807) is 6.21 Å². The van der Waals surface area contributed by atoms with E-state index < -0.39 is 11.4 Å². The molecule has 0 unspecified atom stereocenters. The predicted octanol–water partition coefficient (Wildman–Crippen LogP) is 4.68. The molecule has 1 atom stereocenters. The van der Waals surface area contributed by atoms with E-state index >= 15 is 0 Å². The fourth-order valence-corrected chi connectivity index (χ4v) is 2.91. The summed E-state index contributed by atoms with van der Waals surface area (Å²) in [6, 6.07) is 13.7. The SMILES string of the molecule is Cc1cccc(-c2noc3ccccc23)c1C=N[S@@+]([O-])C(C)(C)C. The Morgan fingerprint density at radius 2 is 1.88 bits per heavy atom. The smallest absolute Gasteiger partial charge is 0.167 e. The summed E-state index contributed by atoms with van der Waals surface area (Å²) in [6.45, 7) is 7.73. The quantitative estimate of drug-likeness (QED) is 0.513. The van der Waals surface area contributed by atoms with E-state index in [1.807, 2.05) is 70.2 Å². The maximum Gasteiger partial charge on any atom is 0.167 e. The second-order valence-corrected chi connectivity index (χ2v) is 8.59. The Hall–Kier alpha value is -2.11. The van der Waals surface area contributed by atoms with Crippen LogP contribution in [0.4, 0.5) is 0 Å². The fraction of sp³-hybridized carbons (Fsp3) is 0.263. The molecular formula is C19H20N2O2S. The molecule has 1 aromatic heterocycles. The highest BCUT2D eigenvalue weighted by atomic mass is 32.2. The Balaban J connectivity index is 2.10. The summed E-state index contributed by atoms with van der Waals surface area (Å²) < 4.78 is 21.5. The average Bonchev–Trinajstić information content (AvgIpc) is 2.96. The molecule has 5 heteroatoms. The third-order valence-corrected chi connectivity index (χ3v) is 5.10. The monoisotopic (exact) mass is 340 g/mol. The van der Waals surface area contributed by atoms with Gasteiger partial charge in [-0.15, -0.1) is 0 Å². The Morgan fingerprint density at radius 1 is 1.12 bits per heavy atom. The first-order valence-corrected chi connectivity index (χ1v) is 8.89. The van der Waals surface area contributed by atoms with Gasteiger partial charge in [0.05, 0.1) is 6.21 Å². The van der Waals surface area contributed by atoms with Crippen molar-refractivity contribution in [3.05, 3.63) is 53.6 Å². The second-order valence-electron chi connectivity index (χ2n) is 6.66. The predicted molar refractivity (Wildman–Crippen MR) is 99.7 cm³/mol. The zero-order valence-electron chi connectivity index (χ0n) is 14.2. The van der Waals surface area contributed by atoms with Crippen LogP contribution >= 0.6 is 0 Å². The van der Waals surface area contributed by atoms with Crippen LogP contribution in [0.15, 0.2) is 51.4 Å². The molecule has 3 rings (SSSR count). The molecule has 0 fully saturated rings. The van der Waals surface area contributed by atoms with Crippen LogP contribution in [-0.2, 0) is 11.4 Å². The zero-order chi connectivity index (χ0) is 17.3. The van der Waals surface area contributed by atoms with Crippen molar-refractivity contribution in [3.8, 4) is 11.3 Å². The minimum Gasteiger partial charge on any atom is -0.591 e. The lowest BCUT2D eigenvalue weighted by molar-refractivity contribution is 0.459. The Labute approximate surface area is 144 Å². The van der Waals surface area contributed by atoms with Crippen molar-refractivity contribution in [2.45, 2.75) is 32.4 Å². The summed E-state index contributed by atoms with van der Waals surface area (Å²) in [7, 11) is 0. The molecule has 0 bridgehead atoms. The molecular weight excluding hydrogens is 320 g/mol. The summed E-state index contributed by atoms with van der Waals surface area (Å²) in [5.41, 5.74) is 4.41. The maximum absolute atomic E-state index is 12.2. The van der Waals surface area contributed by atoms with E-state index in [0.717, 1.165) is 33.4 Å². The molecule has 124 valence electrons. The van der Waals surface area contributed by atoms with E-state index in [0.29, 0.717) is 0 Å². The molecule has 3 aromatic rings. The molecule has 0 amide bonds. The maximum atomic E-state index is 12.2. The largest absolute Gasteiger partial charge is 0.591 e. The van der Waals surface area contributed by atoms with Gasteiger partial charge in [0.2, 0.25) is 0 Å². The highest BCUT2D eigenvalue weighted by molar-refractivity contribution is 7.91. The molecule has 4 nitrogen and oxygen atoms in total. The van der Waals surface area contributed by atoms with Gasteiger partial charge in [0, 0.05) is 16.5 Å². The normalized spacial score (nSPS) is 13.7. The van der Waals surface area contributed by atoms with Crippen LogP contribution in [0.2, 0.25) is 0 Å². The number of hydrogen-bond acceptors (Lipinski definition) is 4. The number of aromatic nitrogens is 1. The fourth-order valence-electron chi connectivity index (χ4n) is 2.40. The van der Waals surface area contributed by atoms with Gasteiger partial charge in [0.1, 0.15) is 21.8 Å². The molecule has 0 saturated carbocycles. The molecule has 0 radical (unpaired) electrons. The summed E-state index contributed by atoms with van der Waals surface area (Å²) in [6.07, 6.45) is 1.69. The topological polar surface area (TPSA) is 61.5 Å². The Morgan fingerprint density at radius 3 is 2.62 bits per heavy atom. The van der Waals surface area contributed by atoms with Crippen molar-refractivity contribution < 1.29 is 9.08 Å². The minimum absolute atomic E-state index is 0.389. The van der Waals surface area contributed by atoms with Crippen LogP contribution < -0.4 is 0 Å². The Kier molecular flexibility index (Phi) is 4.47. The number of aryl methyl sites for hydroxylation is 1. The standard InChI is InChI=1S/C19H20N2O2S/c1-13-8-7-10-14(16(13)12-20-24(22)19(2,3)4)18-15-9-5-6-11-17(15)23-21-18/h5-12H,1-4H3/t24-/m0/s1. The third kappa shape index (κ3) is 3.23. The van der Waals surface area contributed by atoms with Gasteiger partial charge in [0.15, 0.2) is 5.58 Å². The highest BCUT2D eigenvalue weighted by Crippen LogP contribution is 2.31. The summed E-state index contributed by atoms with van der Waals surface area (Å²) >= 11 is -1.30. The van der Waals surface area contributed by atoms with Crippen molar-refractivity contribution in [1.29, 1.82) is 0 Å². The van der Waals surface area contributed by atoms with Crippen LogP contribution in [0.5, 0.6) is 0 Å². The van der Waals surface area contributed by atoms with Gasteiger partial charge in [-0.25, -0.2) is 0 Å². The van der Waals surface area contributed by atoms with E-state index in [4.69, 9.17) is 4.52 Å². The molecule has 0 N–H and O–H groups in total. The number of hydrogen-bond donors (Lipinski definition) is 0.